The zero-order chi connectivity index (χ0) is 14.5. The maximum atomic E-state index is 4.28. The van der Waals surface area contributed by atoms with Gasteiger partial charge in [0.05, 0.1) is 0 Å². The van der Waals surface area contributed by atoms with Gasteiger partial charge in [0.25, 0.3) is 0 Å². The number of anilines is 1. The van der Waals surface area contributed by atoms with E-state index in [0.29, 0.717) is 6.04 Å². The van der Waals surface area contributed by atoms with Crippen LogP contribution in [0.25, 0.3) is 0 Å². The molecule has 0 aromatic carbocycles. The summed E-state index contributed by atoms with van der Waals surface area (Å²) in [5.74, 6) is 0. The summed E-state index contributed by atoms with van der Waals surface area (Å²) in [5.41, 5.74) is 2.71. The molecule has 3 heteroatoms. The first-order chi connectivity index (χ1) is 8.85. The third kappa shape index (κ3) is 5.19. The van der Waals surface area contributed by atoms with Crippen LogP contribution in [-0.4, -0.2) is 23.1 Å². The minimum Gasteiger partial charge on any atom is -0.369 e. The Morgan fingerprint density at radius 1 is 1.32 bits per heavy atom. The number of hydrogen-bond donors (Lipinski definition) is 1. The second-order valence-electron chi connectivity index (χ2n) is 6.40. The summed E-state index contributed by atoms with van der Waals surface area (Å²) < 4.78 is 0. The molecule has 0 saturated heterocycles. The van der Waals surface area contributed by atoms with Gasteiger partial charge in [-0.15, -0.1) is 0 Å². The first-order valence-electron chi connectivity index (χ1n) is 7.29. The molecule has 0 saturated carbocycles. The van der Waals surface area contributed by atoms with Crippen molar-refractivity contribution in [2.75, 3.05) is 11.4 Å². The van der Waals surface area contributed by atoms with Crippen LogP contribution in [0.15, 0.2) is 18.5 Å². The molecule has 0 aliphatic rings. The Bertz CT molecular complexity index is 380. The van der Waals surface area contributed by atoms with Gasteiger partial charge >= 0.3 is 0 Å². The van der Waals surface area contributed by atoms with E-state index in [9.17, 15) is 0 Å². The third-order valence-electron chi connectivity index (χ3n) is 3.08. The molecular formula is C16H29N3. The highest BCUT2D eigenvalue weighted by molar-refractivity contribution is 5.52. The van der Waals surface area contributed by atoms with Gasteiger partial charge < -0.3 is 10.2 Å². The van der Waals surface area contributed by atoms with Gasteiger partial charge in [-0.1, -0.05) is 6.92 Å². The molecule has 1 aromatic heterocycles. The van der Waals surface area contributed by atoms with E-state index in [1.54, 1.807) is 0 Å². The van der Waals surface area contributed by atoms with Crippen molar-refractivity contribution in [3.8, 4) is 0 Å². The molecule has 1 N–H and O–H groups in total. The van der Waals surface area contributed by atoms with E-state index in [-0.39, 0.29) is 5.54 Å². The van der Waals surface area contributed by atoms with Crippen molar-refractivity contribution in [1.29, 1.82) is 0 Å². The first kappa shape index (κ1) is 16.0. The molecule has 0 aliphatic heterocycles. The second kappa shape index (κ2) is 6.90. The Morgan fingerprint density at radius 2 is 2.00 bits per heavy atom. The molecule has 0 unspecified atom stereocenters. The molecule has 0 atom stereocenters. The van der Waals surface area contributed by atoms with E-state index in [2.05, 4.69) is 62.8 Å². The molecule has 0 fully saturated rings. The molecule has 19 heavy (non-hydrogen) atoms. The van der Waals surface area contributed by atoms with Crippen LogP contribution in [0.3, 0.4) is 0 Å². The van der Waals surface area contributed by atoms with Crippen LogP contribution in [0, 0.1) is 0 Å². The molecule has 1 aromatic rings. The van der Waals surface area contributed by atoms with Crippen molar-refractivity contribution in [3.05, 3.63) is 24.0 Å². The van der Waals surface area contributed by atoms with Gasteiger partial charge in [0.2, 0.25) is 0 Å². The predicted octanol–water partition coefficient (Wildman–Crippen LogP) is 3.59. The number of rotatable bonds is 6. The summed E-state index contributed by atoms with van der Waals surface area (Å²) in [6.07, 6.45) is 5.03. The van der Waals surface area contributed by atoms with E-state index in [1.807, 2.05) is 12.4 Å². The van der Waals surface area contributed by atoms with Gasteiger partial charge in [0, 0.05) is 48.3 Å². The van der Waals surface area contributed by atoms with Crippen molar-refractivity contribution in [2.24, 2.45) is 0 Å². The predicted molar refractivity (Wildman–Crippen MR) is 83.6 cm³/mol. The largest absolute Gasteiger partial charge is 0.369 e. The lowest BCUT2D eigenvalue weighted by Crippen LogP contribution is -2.37. The molecule has 0 radical (unpaired) electrons. The monoisotopic (exact) mass is 263 g/mol. The molecule has 1 heterocycles. The van der Waals surface area contributed by atoms with E-state index in [4.69, 9.17) is 0 Å². The lowest BCUT2D eigenvalue weighted by molar-refractivity contribution is 0.423. The van der Waals surface area contributed by atoms with Crippen molar-refractivity contribution in [3.63, 3.8) is 0 Å². The molecule has 3 nitrogen and oxygen atoms in total. The highest BCUT2D eigenvalue weighted by Gasteiger charge is 2.15. The zero-order valence-electron chi connectivity index (χ0n) is 13.3. The summed E-state index contributed by atoms with van der Waals surface area (Å²) in [6, 6.07) is 2.64. The minimum atomic E-state index is 0.126. The fourth-order valence-electron chi connectivity index (χ4n) is 2.09. The molecular weight excluding hydrogens is 234 g/mol. The number of hydrogen-bond acceptors (Lipinski definition) is 3. The van der Waals surface area contributed by atoms with Crippen LogP contribution in [0.4, 0.5) is 5.69 Å². The first-order valence-corrected chi connectivity index (χ1v) is 7.29. The summed E-state index contributed by atoms with van der Waals surface area (Å²) in [7, 11) is 0. The fourth-order valence-corrected chi connectivity index (χ4v) is 2.09. The minimum absolute atomic E-state index is 0.126. The quantitative estimate of drug-likeness (QED) is 0.850. The lowest BCUT2D eigenvalue weighted by Gasteiger charge is -2.31. The molecule has 0 amide bonds. The summed E-state index contributed by atoms with van der Waals surface area (Å²) in [5, 5.41) is 3.55. The standard InChI is InChI=1S/C16H29N3/c1-7-10-19(13(2)3)15-8-9-17-11-14(15)12-18-16(4,5)6/h8-9,11,13,18H,7,10,12H2,1-6H3. The molecule has 108 valence electrons. The van der Waals surface area contributed by atoms with Crippen LogP contribution >= 0.6 is 0 Å². The van der Waals surface area contributed by atoms with Gasteiger partial charge in [0.15, 0.2) is 0 Å². The maximum Gasteiger partial charge on any atom is 0.0445 e. The fraction of sp³-hybridized carbons (Fsp3) is 0.688. The SMILES string of the molecule is CCCN(c1ccncc1CNC(C)(C)C)C(C)C. The Hall–Kier alpha value is -1.09. The van der Waals surface area contributed by atoms with Gasteiger partial charge in [-0.05, 0) is 47.1 Å². The Balaban J connectivity index is 2.93. The van der Waals surface area contributed by atoms with Crippen molar-refractivity contribution in [2.45, 2.75) is 66.1 Å². The van der Waals surface area contributed by atoms with Crippen LogP contribution in [0.1, 0.15) is 53.5 Å². The normalized spacial score (nSPS) is 11.9. The van der Waals surface area contributed by atoms with Gasteiger partial charge in [-0.2, -0.15) is 0 Å². The molecule has 0 aliphatic carbocycles. The maximum absolute atomic E-state index is 4.28. The average molecular weight is 263 g/mol. The highest BCUT2D eigenvalue weighted by atomic mass is 15.2. The topological polar surface area (TPSA) is 28.2 Å². The summed E-state index contributed by atoms with van der Waals surface area (Å²) in [6.45, 7) is 15.2. The van der Waals surface area contributed by atoms with Crippen LogP contribution in [0.2, 0.25) is 0 Å². The third-order valence-corrected chi connectivity index (χ3v) is 3.08. The molecule has 1 rings (SSSR count). The van der Waals surface area contributed by atoms with Gasteiger partial charge in [-0.25, -0.2) is 0 Å². The van der Waals surface area contributed by atoms with E-state index in [0.717, 1.165) is 19.5 Å². The summed E-state index contributed by atoms with van der Waals surface area (Å²) in [4.78, 5) is 6.74. The number of nitrogens with one attached hydrogen (secondary N) is 1. The van der Waals surface area contributed by atoms with Crippen molar-refractivity contribution < 1.29 is 0 Å². The van der Waals surface area contributed by atoms with E-state index in [1.165, 1.54) is 11.3 Å². The smallest absolute Gasteiger partial charge is 0.0445 e. The van der Waals surface area contributed by atoms with Crippen LogP contribution < -0.4 is 10.2 Å². The Kier molecular flexibility index (Phi) is 5.80. The van der Waals surface area contributed by atoms with Gasteiger partial charge in [-0.3, -0.25) is 4.98 Å². The Labute approximate surface area is 118 Å². The highest BCUT2D eigenvalue weighted by Crippen LogP contribution is 2.22. The zero-order valence-corrected chi connectivity index (χ0v) is 13.3. The van der Waals surface area contributed by atoms with Crippen molar-refractivity contribution >= 4 is 5.69 Å². The van der Waals surface area contributed by atoms with Crippen LogP contribution in [-0.2, 0) is 6.54 Å². The molecule has 0 spiro atoms. The lowest BCUT2D eigenvalue weighted by atomic mass is 10.1. The number of aromatic nitrogens is 1. The summed E-state index contributed by atoms with van der Waals surface area (Å²) >= 11 is 0. The van der Waals surface area contributed by atoms with E-state index >= 15 is 0 Å². The number of nitrogens with zero attached hydrogens (tertiary/aromatic N) is 2. The van der Waals surface area contributed by atoms with Crippen molar-refractivity contribution in [1.82, 2.24) is 10.3 Å². The average Bonchev–Trinajstić information content (AvgIpc) is 2.33. The van der Waals surface area contributed by atoms with E-state index < -0.39 is 0 Å². The Morgan fingerprint density at radius 3 is 2.53 bits per heavy atom. The second-order valence-corrected chi connectivity index (χ2v) is 6.40. The van der Waals surface area contributed by atoms with Crippen LogP contribution in [0.5, 0.6) is 0 Å². The molecule has 0 bridgehead atoms. The van der Waals surface area contributed by atoms with Gasteiger partial charge in [0.1, 0.15) is 0 Å². The number of pyridine rings is 1.